The monoisotopic (exact) mass is 270 g/mol. The molecule has 3 rings (SSSR count). The van der Waals surface area contributed by atoms with E-state index in [9.17, 15) is 13.2 Å². The van der Waals surface area contributed by atoms with E-state index in [2.05, 4.69) is 4.98 Å². The van der Waals surface area contributed by atoms with E-state index in [0.717, 1.165) is 31.4 Å². The number of aromatic nitrogens is 1. The van der Waals surface area contributed by atoms with E-state index in [1.54, 1.807) is 0 Å². The molecule has 1 heterocycles. The molecule has 2 aromatic rings. The SMILES string of the molecule is NC1CCC(c2nc3cc(C(F)(F)F)ccc3o2)C1. The van der Waals surface area contributed by atoms with Gasteiger partial charge in [-0.25, -0.2) is 4.98 Å². The molecular formula is C13H13F3N2O. The third-order valence-electron chi connectivity index (χ3n) is 3.55. The highest BCUT2D eigenvalue weighted by atomic mass is 19.4. The Morgan fingerprint density at radius 1 is 1.26 bits per heavy atom. The van der Waals surface area contributed by atoms with Crippen LogP contribution in [0.3, 0.4) is 0 Å². The van der Waals surface area contributed by atoms with Crippen LogP contribution in [0.25, 0.3) is 11.1 Å². The Morgan fingerprint density at radius 3 is 2.68 bits per heavy atom. The summed E-state index contributed by atoms with van der Waals surface area (Å²) < 4.78 is 43.3. The van der Waals surface area contributed by atoms with Crippen LogP contribution in [-0.4, -0.2) is 11.0 Å². The molecule has 1 fully saturated rings. The Bertz CT molecular complexity index is 605. The first-order chi connectivity index (χ1) is 8.93. The second-order valence-corrected chi connectivity index (χ2v) is 5.00. The van der Waals surface area contributed by atoms with Crippen LogP contribution in [0, 0.1) is 0 Å². The summed E-state index contributed by atoms with van der Waals surface area (Å²) in [4.78, 5) is 4.18. The molecule has 3 nitrogen and oxygen atoms in total. The maximum absolute atomic E-state index is 12.6. The van der Waals surface area contributed by atoms with Crippen LogP contribution in [0.5, 0.6) is 0 Å². The maximum atomic E-state index is 12.6. The lowest BCUT2D eigenvalue weighted by atomic mass is 10.1. The summed E-state index contributed by atoms with van der Waals surface area (Å²) in [6.07, 6.45) is -1.81. The molecule has 0 aliphatic heterocycles. The molecule has 19 heavy (non-hydrogen) atoms. The molecular weight excluding hydrogens is 257 g/mol. The van der Waals surface area contributed by atoms with E-state index in [1.807, 2.05) is 0 Å². The van der Waals surface area contributed by atoms with Crippen molar-refractivity contribution in [3.8, 4) is 0 Å². The first kappa shape index (κ1) is 12.5. The molecule has 2 atom stereocenters. The minimum Gasteiger partial charge on any atom is -0.440 e. The van der Waals surface area contributed by atoms with Gasteiger partial charge in [0.1, 0.15) is 5.52 Å². The lowest BCUT2D eigenvalue weighted by molar-refractivity contribution is -0.137. The molecule has 6 heteroatoms. The van der Waals surface area contributed by atoms with Crippen LogP contribution in [0.1, 0.15) is 36.6 Å². The summed E-state index contributed by atoms with van der Waals surface area (Å²) in [5.74, 6) is 0.624. The molecule has 1 aliphatic carbocycles. The van der Waals surface area contributed by atoms with Crippen molar-refractivity contribution < 1.29 is 17.6 Å². The van der Waals surface area contributed by atoms with Crippen molar-refractivity contribution in [3.63, 3.8) is 0 Å². The Labute approximate surface area is 107 Å². The Balaban J connectivity index is 1.97. The van der Waals surface area contributed by atoms with Gasteiger partial charge in [-0.15, -0.1) is 0 Å². The predicted octanol–water partition coefficient (Wildman–Crippen LogP) is 3.44. The van der Waals surface area contributed by atoms with Crippen molar-refractivity contribution in [2.24, 2.45) is 5.73 Å². The van der Waals surface area contributed by atoms with Crippen LogP contribution in [0.4, 0.5) is 13.2 Å². The number of rotatable bonds is 1. The van der Waals surface area contributed by atoms with E-state index < -0.39 is 11.7 Å². The zero-order valence-electron chi connectivity index (χ0n) is 10.1. The number of alkyl halides is 3. The number of halogens is 3. The van der Waals surface area contributed by atoms with E-state index in [1.165, 1.54) is 6.07 Å². The van der Waals surface area contributed by atoms with Gasteiger partial charge in [0.2, 0.25) is 0 Å². The van der Waals surface area contributed by atoms with Gasteiger partial charge in [-0.1, -0.05) is 0 Å². The van der Waals surface area contributed by atoms with E-state index in [0.29, 0.717) is 11.5 Å². The standard InChI is InChI=1S/C13H13F3N2O/c14-13(15,16)8-2-4-11-10(6-8)18-12(19-11)7-1-3-9(17)5-7/h2,4,6-7,9H,1,3,5,17H2. The fraction of sp³-hybridized carbons (Fsp3) is 0.462. The highest BCUT2D eigenvalue weighted by Gasteiger charge is 2.32. The average molecular weight is 270 g/mol. The number of benzene rings is 1. The second-order valence-electron chi connectivity index (χ2n) is 5.00. The number of oxazole rings is 1. The van der Waals surface area contributed by atoms with Crippen LogP contribution < -0.4 is 5.73 Å². The molecule has 0 saturated heterocycles. The van der Waals surface area contributed by atoms with Crippen molar-refractivity contribution in [1.29, 1.82) is 0 Å². The Morgan fingerprint density at radius 2 is 2.05 bits per heavy atom. The number of hydrogen-bond donors (Lipinski definition) is 1. The highest BCUT2D eigenvalue weighted by molar-refractivity contribution is 5.73. The minimum atomic E-state index is -4.36. The van der Waals surface area contributed by atoms with Gasteiger partial charge in [0.15, 0.2) is 11.5 Å². The predicted molar refractivity (Wildman–Crippen MR) is 63.6 cm³/mol. The number of nitrogens with two attached hydrogens (primary N) is 1. The fourth-order valence-electron chi connectivity index (χ4n) is 2.54. The van der Waals surface area contributed by atoms with E-state index in [-0.39, 0.29) is 17.5 Å². The van der Waals surface area contributed by atoms with Gasteiger partial charge in [-0.2, -0.15) is 13.2 Å². The third-order valence-corrected chi connectivity index (χ3v) is 3.55. The van der Waals surface area contributed by atoms with E-state index in [4.69, 9.17) is 10.2 Å². The molecule has 1 saturated carbocycles. The molecule has 1 aromatic heterocycles. The molecule has 2 N–H and O–H groups in total. The van der Waals surface area contributed by atoms with Crippen LogP contribution in [0.15, 0.2) is 22.6 Å². The lowest BCUT2D eigenvalue weighted by Gasteiger charge is -2.04. The van der Waals surface area contributed by atoms with E-state index >= 15 is 0 Å². The number of hydrogen-bond acceptors (Lipinski definition) is 3. The number of nitrogens with zero attached hydrogens (tertiary/aromatic N) is 1. The average Bonchev–Trinajstić information content (AvgIpc) is 2.92. The first-order valence-electron chi connectivity index (χ1n) is 6.17. The molecule has 1 aliphatic rings. The topological polar surface area (TPSA) is 52.0 Å². The summed E-state index contributed by atoms with van der Waals surface area (Å²) in [7, 11) is 0. The summed E-state index contributed by atoms with van der Waals surface area (Å²) >= 11 is 0. The normalized spacial score (nSPS) is 24.2. The fourth-order valence-corrected chi connectivity index (χ4v) is 2.54. The summed E-state index contributed by atoms with van der Waals surface area (Å²) in [6, 6.07) is 3.49. The largest absolute Gasteiger partial charge is 0.440 e. The quantitative estimate of drug-likeness (QED) is 0.863. The van der Waals surface area contributed by atoms with Crippen LogP contribution >= 0.6 is 0 Å². The third kappa shape index (κ3) is 2.32. The van der Waals surface area contributed by atoms with Crippen LogP contribution in [0.2, 0.25) is 0 Å². The van der Waals surface area contributed by atoms with Crippen LogP contribution in [-0.2, 0) is 6.18 Å². The highest BCUT2D eigenvalue weighted by Crippen LogP contribution is 2.36. The first-order valence-corrected chi connectivity index (χ1v) is 6.17. The van der Waals surface area contributed by atoms with Crippen molar-refractivity contribution in [2.45, 2.75) is 37.4 Å². The smallest absolute Gasteiger partial charge is 0.416 e. The summed E-state index contributed by atoms with van der Waals surface area (Å²) in [5.41, 5.74) is 5.76. The van der Waals surface area contributed by atoms with Gasteiger partial charge < -0.3 is 10.2 Å². The summed E-state index contributed by atoms with van der Waals surface area (Å²) in [5, 5.41) is 0. The zero-order valence-corrected chi connectivity index (χ0v) is 10.1. The molecule has 0 radical (unpaired) electrons. The molecule has 102 valence electrons. The lowest BCUT2D eigenvalue weighted by Crippen LogP contribution is -2.14. The second kappa shape index (κ2) is 4.23. The molecule has 1 aromatic carbocycles. The molecule has 0 amide bonds. The Kier molecular flexibility index (Phi) is 2.78. The van der Waals surface area contributed by atoms with Gasteiger partial charge >= 0.3 is 6.18 Å². The number of fused-ring (bicyclic) bond motifs is 1. The molecule has 0 spiro atoms. The van der Waals surface area contributed by atoms with Gasteiger partial charge in [-0.05, 0) is 37.5 Å². The minimum absolute atomic E-state index is 0.122. The van der Waals surface area contributed by atoms with Gasteiger partial charge in [-0.3, -0.25) is 0 Å². The molecule has 2 unspecified atom stereocenters. The van der Waals surface area contributed by atoms with Gasteiger partial charge in [0, 0.05) is 12.0 Å². The summed E-state index contributed by atoms with van der Waals surface area (Å²) in [6.45, 7) is 0. The van der Waals surface area contributed by atoms with Crippen molar-refractivity contribution >= 4 is 11.1 Å². The van der Waals surface area contributed by atoms with Gasteiger partial charge in [0.25, 0.3) is 0 Å². The maximum Gasteiger partial charge on any atom is 0.416 e. The van der Waals surface area contributed by atoms with Crippen molar-refractivity contribution in [2.75, 3.05) is 0 Å². The zero-order chi connectivity index (χ0) is 13.6. The van der Waals surface area contributed by atoms with Crippen molar-refractivity contribution in [3.05, 3.63) is 29.7 Å². The Hall–Kier alpha value is -1.56. The van der Waals surface area contributed by atoms with Gasteiger partial charge in [0.05, 0.1) is 5.56 Å². The van der Waals surface area contributed by atoms with Crippen molar-refractivity contribution in [1.82, 2.24) is 4.98 Å². The molecule has 0 bridgehead atoms.